The van der Waals surface area contributed by atoms with Crippen LogP contribution in [0.3, 0.4) is 0 Å². The van der Waals surface area contributed by atoms with Gasteiger partial charge in [0.2, 0.25) is 5.91 Å². The molecule has 5 aromatic rings. The summed E-state index contributed by atoms with van der Waals surface area (Å²) < 4.78 is 1.08. The molecule has 176 valence electrons. The lowest BCUT2D eigenvalue weighted by atomic mass is 10.1. The molecule has 0 aliphatic carbocycles. The predicted molar refractivity (Wildman–Crippen MR) is 142 cm³/mol. The van der Waals surface area contributed by atoms with E-state index < -0.39 is 0 Å². The normalized spacial score (nSPS) is 11.3. The number of hydrogen-bond acceptors (Lipinski definition) is 5. The molecule has 0 bridgehead atoms. The number of H-pyrrole nitrogens is 1. The highest BCUT2D eigenvalue weighted by molar-refractivity contribution is 7.22. The standard InChI is InChI=1S/C28H26N4O2S/c1-18-15-19(2)26-23(16-18)35-28(31-26)32(17-20-9-4-3-5-10-20)25(33)14-8-13-24-29-22-12-7-6-11-21(22)27(34)30-24/h3-7,9-12,15-16H,8,13-14,17H2,1-2H3,(H,29,30,34). The number of nitrogens with zero attached hydrogens (tertiary/aromatic N) is 3. The lowest BCUT2D eigenvalue weighted by molar-refractivity contribution is -0.118. The van der Waals surface area contributed by atoms with Crippen molar-refractivity contribution in [2.45, 2.75) is 39.7 Å². The van der Waals surface area contributed by atoms with Gasteiger partial charge in [0, 0.05) is 12.8 Å². The van der Waals surface area contributed by atoms with Crippen LogP contribution in [0.1, 0.15) is 35.4 Å². The molecule has 1 amide bonds. The number of aromatic amines is 1. The minimum Gasteiger partial charge on any atom is -0.310 e. The number of aryl methyl sites for hydroxylation is 3. The monoisotopic (exact) mass is 482 g/mol. The van der Waals surface area contributed by atoms with Crippen LogP contribution in [0.25, 0.3) is 21.1 Å². The van der Waals surface area contributed by atoms with Crippen LogP contribution in [0.2, 0.25) is 0 Å². The number of benzene rings is 3. The Morgan fingerprint density at radius 2 is 1.77 bits per heavy atom. The van der Waals surface area contributed by atoms with E-state index in [4.69, 9.17) is 4.98 Å². The second-order valence-electron chi connectivity index (χ2n) is 8.77. The van der Waals surface area contributed by atoms with E-state index >= 15 is 0 Å². The molecule has 0 unspecified atom stereocenters. The molecular weight excluding hydrogens is 456 g/mol. The van der Waals surface area contributed by atoms with E-state index in [0.717, 1.165) is 21.3 Å². The zero-order valence-electron chi connectivity index (χ0n) is 19.7. The van der Waals surface area contributed by atoms with Gasteiger partial charge in [-0.2, -0.15) is 0 Å². The molecule has 0 saturated carbocycles. The number of para-hydroxylation sites is 1. The van der Waals surface area contributed by atoms with Crippen LogP contribution < -0.4 is 10.5 Å². The van der Waals surface area contributed by atoms with Crippen molar-refractivity contribution in [3.05, 3.63) is 99.6 Å². The third-order valence-electron chi connectivity index (χ3n) is 6.00. The molecule has 0 aliphatic rings. The van der Waals surface area contributed by atoms with E-state index in [0.29, 0.717) is 47.7 Å². The van der Waals surface area contributed by atoms with Crippen molar-refractivity contribution in [2.24, 2.45) is 0 Å². The lowest BCUT2D eigenvalue weighted by Crippen LogP contribution is -2.30. The summed E-state index contributed by atoms with van der Waals surface area (Å²) in [5, 5.41) is 1.28. The van der Waals surface area contributed by atoms with Crippen molar-refractivity contribution < 1.29 is 4.79 Å². The lowest BCUT2D eigenvalue weighted by Gasteiger charge is -2.20. The summed E-state index contributed by atoms with van der Waals surface area (Å²) in [7, 11) is 0. The van der Waals surface area contributed by atoms with E-state index in [-0.39, 0.29) is 11.5 Å². The van der Waals surface area contributed by atoms with Gasteiger partial charge in [0.1, 0.15) is 5.82 Å². The minimum absolute atomic E-state index is 0.00502. The number of carbonyl (C=O) groups excluding carboxylic acids is 1. The zero-order chi connectivity index (χ0) is 24.4. The van der Waals surface area contributed by atoms with Gasteiger partial charge in [-0.15, -0.1) is 0 Å². The summed E-state index contributed by atoms with van der Waals surface area (Å²) in [4.78, 5) is 39.8. The van der Waals surface area contributed by atoms with Crippen molar-refractivity contribution in [1.29, 1.82) is 0 Å². The number of carbonyl (C=O) groups is 1. The highest BCUT2D eigenvalue weighted by Gasteiger charge is 2.21. The molecule has 0 atom stereocenters. The molecule has 0 spiro atoms. The summed E-state index contributed by atoms with van der Waals surface area (Å²) in [6.07, 6.45) is 1.43. The number of hydrogen-bond donors (Lipinski definition) is 1. The Kier molecular flexibility index (Phi) is 6.42. The molecule has 3 aromatic carbocycles. The number of fused-ring (bicyclic) bond motifs is 2. The molecule has 2 heterocycles. The smallest absolute Gasteiger partial charge is 0.258 e. The van der Waals surface area contributed by atoms with Crippen LogP contribution in [-0.2, 0) is 17.8 Å². The number of anilines is 1. The largest absolute Gasteiger partial charge is 0.310 e. The van der Waals surface area contributed by atoms with Crippen LogP contribution in [-0.4, -0.2) is 20.9 Å². The summed E-state index contributed by atoms with van der Waals surface area (Å²) in [5.74, 6) is 0.604. The Morgan fingerprint density at radius 1 is 1.00 bits per heavy atom. The first-order valence-corrected chi connectivity index (χ1v) is 12.5. The molecule has 0 radical (unpaired) electrons. The number of rotatable bonds is 7. The van der Waals surface area contributed by atoms with Gasteiger partial charge in [-0.25, -0.2) is 9.97 Å². The molecule has 2 aromatic heterocycles. The molecule has 0 saturated heterocycles. The van der Waals surface area contributed by atoms with Gasteiger partial charge < -0.3 is 4.98 Å². The van der Waals surface area contributed by atoms with E-state index in [9.17, 15) is 9.59 Å². The van der Waals surface area contributed by atoms with Crippen molar-refractivity contribution in [3.8, 4) is 0 Å². The van der Waals surface area contributed by atoms with Crippen molar-refractivity contribution >= 4 is 43.5 Å². The predicted octanol–water partition coefficient (Wildman–Crippen LogP) is 5.71. The summed E-state index contributed by atoms with van der Waals surface area (Å²) in [6.45, 7) is 4.59. The number of aromatic nitrogens is 3. The molecular formula is C28H26N4O2S. The molecule has 1 N–H and O–H groups in total. The topological polar surface area (TPSA) is 79.0 Å². The Labute approximate surface area is 207 Å². The molecule has 5 rings (SSSR count). The van der Waals surface area contributed by atoms with Gasteiger partial charge in [-0.3, -0.25) is 14.5 Å². The van der Waals surface area contributed by atoms with Gasteiger partial charge in [-0.1, -0.05) is 59.9 Å². The third kappa shape index (κ3) is 5.00. The van der Waals surface area contributed by atoms with Crippen LogP contribution in [0.5, 0.6) is 0 Å². The fourth-order valence-corrected chi connectivity index (χ4v) is 5.46. The highest BCUT2D eigenvalue weighted by atomic mass is 32.1. The summed E-state index contributed by atoms with van der Waals surface area (Å²) in [5.41, 5.74) is 4.81. The maximum atomic E-state index is 13.4. The van der Waals surface area contributed by atoms with Gasteiger partial charge >= 0.3 is 0 Å². The Hall–Kier alpha value is -3.84. The quantitative estimate of drug-likeness (QED) is 0.322. The summed E-state index contributed by atoms with van der Waals surface area (Å²) >= 11 is 1.55. The number of nitrogens with one attached hydrogen (secondary N) is 1. The van der Waals surface area contributed by atoms with Gasteiger partial charge in [0.25, 0.3) is 5.56 Å². The average molecular weight is 483 g/mol. The van der Waals surface area contributed by atoms with Crippen LogP contribution in [0, 0.1) is 13.8 Å². The fraction of sp³-hybridized carbons (Fsp3) is 0.214. The number of thiazole rings is 1. The van der Waals surface area contributed by atoms with Crippen molar-refractivity contribution in [2.75, 3.05) is 4.90 Å². The fourth-order valence-electron chi connectivity index (χ4n) is 4.30. The van der Waals surface area contributed by atoms with Gasteiger partial charge in [0.05, 0.1) is 27.7 Å². The van der Waals surface area contributed by atoms with E-state index in [1.807, 2.05) is 48.5 Å². The Balaban J connectivity index is 1.37. The van der Waals surface area contributed by atoms with Gasteiger partial charge in [0.15, 0.2) is 5.13 Å². The first-order valence-electron chi connectivity index (χ1n) is 11.7. The first-order chi connectivity index (χ1) is 17.0. The third-order valence-corrected chi connectivity index (χ3v) is 7.03. The molecule has 35 heavy (non-hydrogen) atoms. The molecule has 6 nitrogen and oxygen atoms in total. The molecule has 0 aliphatic heterocycles. The van der Waals surface area contributed by atoms with E-state index in [1.54, 1.807) is 22.3 Å². The summed E-state index contributed by atoms with van der Waals surface area (Å²) in [6, 6.07) is 21.5. The van der Waals surface area contributed by atoms with Crippen LogP contribution in [0.4, 0.5) is 5.13 Å². The molecule has 7 heteroatoms. The number of amides is 1. The minimum atomic E-state index is -0.150. The van der Waals surface area contributed by atoms with Gasteiger partial charge in [-0.05, 0) is 55.2 Å². The van der Waals surface area contributed by atoms with E-state index in [1.165, 1.54) is 5.56 Å². The Bertz CT molecular complexity index is 1570. The first kappa shape index (κ1) is 22.9. The van der Waals surface area contributed by atoms with E-state index in [2.05, 4.69) is 35.9 Å². The molecule has 0 fully saturated rings. The maximum absolute atomic E-state index is 13.4. The van der Waals surface area contributed by atoms with Crippen molar-refractivity contribution in [3.63, 3.8) is 0 Å². The van der Waals surface area contributed by atoms with Crippen molar-refractivity contribution in [1.82, 2.24) is 15.0 Å². The Morgan fingerprint density at radius 3 is 2.60 bits per heavy atom. The average Bonchev–Trinajstić information content (AvgIpc) is 3.27. The maximum Gasteiger partial charge on any atom is 0.258 e. The SMILES string of the molecule is Cc1cc(C)c2nc(N(Cc3ccccc3)C(=O)CCCc3nc4ccccc4c(=O)[nH]3)sc2c1. The second kappa shape index (κ2) is 9.80. The van der Waals surface area contributed by atoms with Crippen LogP contribution >= 0.6 is 11.3 Å². The second-order valence-corrected chi connectivity index (χ2v) is 9.78. The zero-order valence-corrected chi connectivity index (χ0v) is 20.6. The van der Waals surface area contributed by atoms with Crippen LogP contribution in [0.15, 0.2) is 71.5 Å². The highest BCUT2D eigenvalue weighted by Crippen LogP contribution is 2.33.